The Morgan fingerprint density at radius 2 is 0.773 bits per heavy atom. The molecule has 1 spiro atoms. The Balaban J connectivity index is 1.04. The van der Waals surface area contributed by atoms with E-state index in [1.54, 1.807) is 0 Å². The van der Waals surface area contributed by atoms with E-state index in [-0.39, 0.29) is 0 Å². The molecule has 12 aromatic rings. The Hall–Kier alpha value is -9.28. The number of para-hydroxylation sites is 2. The van der Waals surface area contributed by atoms with Crippen molar-refractivity contribution in [3.8, 4) is 22.6 Å². The molecule has 1 aliphatic carbocycles. The molecule has 0 fully saturated rings. The van der Waals surface area contributed by atoms with Crippen molar-refractivity contribution < 1.29 is 4.74 Å². The molecule has 2 nitrogen and oxygen atoms in total. The van der Waals surface area contributed by atoms with Crippen LogP contribution < -0.4 is 30.4 Å². The molecule has 3 aliphatic rings. The van der Waals surface area contributed by atoms with Gasteiger partial charge in [0.25, 0.3) is 0 Å². The summed E-state index contributed by atoms with van der Waals surface area (Å²) < 4.78 is 6.96. The number of hydrogen-bond donors (Lipinski definition) is 0. The van der Waals surface area contributed by atoms with Crippen LogP contribution in [0.1, 0.15) is 44.5 Å². The summed E-state index contributed by atoms with van der Waals surface area (Å²) in [5.74, 6) is 1.75. The Labute approximate surface area is 439 Å². The SMILES string of the molecule is c1ccc(C2(c3ccc(N(c4ccc5c(c4)C4(c6ccccc6Oc6ccccc64)c4ccccc4[Si]5(c4ccccc4)c4ccccc4)c4cccc5ccccc45)cc3)c3ccccc3-c3ccccc32)cc1. The maximum absolute atomic E-state index is 6.96. The average Bonchev–Trinajstić information content (AvgIpc) is 3.80. The van der Waals surface area contributed by atoms with Gasteiger partial charge in [-0.1, -0.05) is 255 Å². The predicted octanol–water partition coefficient (Wildman–Crippen LogP) is 14.9. The Morgan fingerprint density at radius 3 is 1.41 bits per heavy atom. The summed E-state index contributed by atoms with van der Waals surface area (Å²) >= 11 is 0. The molecule has 0 unspecified atom stereocenters. The van der Waals surface area contributed by atoms with Crippen LogP contribution in [-0.4, -0.2) is 8.07 Å². The van der Waals surface area contributed by atoms with Crippen molar-refractivity contribution in [2.45, 2.75) is 10.8 Å². The molecule has 0 radical (unpaired) electrons. The Kier molecular flexibility index (Phi) is 9.75. The maximum Gasteiger partial charge on any atom is 0.180 e. The number of nitrogens with zero attached hydrogens (tertiary/aromatic N) is 1. The zero-order chi connectivity index (χ0) is 49.6. The molecule has 0 atom stereocenters. The van der Waals surface area contributed by atoms with E-state index in [1.165, 1.54) is 76.0 Å². The second-order valence-electron chi connectivity index (χ2n) is 20.2. The highest BCUT2D eigenvalue weighted by atomic mass is 28.3. The van der Waals surface area contributed by atoms with Gasteiger partial charge in [0.05, 0.1) is 16.5 Å². The maximum atomic E-state index is 6.96. The highest BCUT2D eigenvalue weighted by Gasteiger charge is 2.58. The van der Waals surface area contributed by atoms with Gasteiger partial charge >= 0.3 is 0 Å². The minimum Gasteiger partial charge on any atom is -0.457 e. The van der Waals surface area contributed by atoms with Crippen LogP contribution in [0.3, 0.4) is 0 Å². The average molecular weight is 972 g/mol. The molecule has 15 rings (SSSR count). The monoisotopic (exact) mass is 971 g/mol. The van der Waals surface area contributed by atoms with Crippen LogP contribution in [0.25, 0.3) is 21.9 Å². The fraction of sp³-hybridized carbons (Fsp3) is 0.0278. The van der Waals surface area contributed by atoms with E-state index in [0.29, 0.717) is 0 Å². The van der Waals surface area contributed by atoms with Gasteiger partial charge in [-0.25, -0.2) is 0 Å². The van der Waals surface area contributed by atoms with E-state index in [9.17, 15) is 0 Å². The molecule has 0 amide bonds. The summed E-state index contributed by atoms with van der Waals surface area (Å²) in [6.45, 7) is 0. The lowest BCUT2D eigenvalue weighted by atomic mass is 9.63. The van der Waals surface area contributed by atoms with Crippen molar-refractivity contribution in [1.29, 1.82) is 0 Å². The van der Waals surface area contributed by atoms with Gasteiger partial charge in [-0.3, -0.25) is 0 Å². The van der Waals surface area contributed by atoms with Gasteiger partial charge < -0.3 is 9.64 Å². The first-order valence-corrected chi connectivity index (χ1v) is 28.1. The standard InChI is InChI=1S/C72H49NOSi/c1-4-25-51(26-5-1)71(60-34-14-12-32-58(60)59-33-13-15-35-61(59)71)52-43-45-53(46-44-52)73(66-39-22-24-50-23-10-11-31-57(50)66)54-47-48-70-65(49-54)72(62-36-16-19-40-67(62)74-68-41-20-17-37-63(68)72)64-38-18-21-42-69(64)75(70,55-27-6-2-7-28-55)56-29-8-3-9-30-56/h1-49H. The van der Waals surface area contributed by atoms with Crippen LogP contribution in [-0.2, 0) is 10.8 Å². The highest BCUT2D eigenvalue weighted by molar-refractivity contribution is 7.20. The van der Waals surface area contributed by atoms with Crippen LogP contribution >= 0.6 is 0 Å². The van der Waals surface area contributed by atoms with Crippen LogP contribution in [0.15, 0.2) is 297 Å². The Morgan fingerprint density at radius 1 is 0.307 bits per heavy atom. The molecule has 0 saturated carbocycles. The summed E-state index contributed by atoms with van der Waals surface area (Å²) in [7, 11) is -3.07. The third kappa shape index (κ3) is 6.02. The summed E-state index contributed by atoms with van der Waals surface area (Å²) in [4.78, 5) is 2.51. The number of ether oxygens (including phenoxy) is 1. The van der Waals surface area contributed by atoms with Crippen molar-refractivity contribution in [1.82, 2.24) is 0 Å². The lowest BCUT2D eigenvalue weighted by Crippen LogP contribution is -2.79. The lowest BCUT2D eigenvalue weighted by Gasteiger charge is -2.51. The van der Waals surface area contributed by atoms with Gasteiger partial charge in [0.2, 0.25) is 0 Å². The molecule has 0 N–H and O–H groups in total. The van der Waals surface area contributed by atoms with Crippen molar-refractivity contribution >= 4 is 56.7 Å². The van der Waals surface area contributed by atoms with Gasteiger partial charge in [0, 0.05) is 27.9 Å². The molecule has 3 heteroatoms. The van der Waals surface area contributed by atoms with Gasteiger partial charge in [-0.15, -0.1) is 0 Å². The van der Waals surface area contributed by atoms with Gasteiger partial charge in [-0.05, 0) is 113 Å². The second kappa shape index (κ2) is 16.9. The minimum absolute atomic E-state index is 0.518. The predicted molar refractivity (Wildman–Crippen MR) is 311 cm³/mol. The first kappa shape index (κ1) is 43.3. The van der Waals surface area contributed by atoms with E-state index in [1.807, 2.05) is 0 Å². The minimum atomic E-state index is -3.07. The molecular weight excluding hydrogens is 923 g/mol. The number of anilines is 3. The molecule has 0 bridgehead atoms. The summed E-state index contributed by atoms with van der Waals surface area (Å²) in [6, 6.07) is 111. The van der Waals surface area contributed by atoms with E-state index < -0.39 is 18.9 Å². The zero-order valence-electron chi connectivity index (χ0n) is 41.1. The van der Waals surface area contributed by atoms with Crippen molar-refractivity contribution in [3.63, 3.8) is 0 Å². The molecule has 2 heterocycles. The molecule has 352 valence electrons. The fourth-order valence-corrected chi connectivity index (χ4v) is 19.1. The van der Waals surface area contributed by atoms with E-state index >= 15 is 0 Å². The summed E-state index contributed by atoms with van der Waals surface area (Å²) in [5, 5.41) is 7.83. The topological polar surface area (TPSA) is 12.5 Å². The van der Waals surface area contributed by atoms with Crippen LogP contribution in [0.5, 0.6) is 11.5 Å². The first-order valence-electron chi connectivity index (χ1n) is 26.1. The third-order valence-electron chi connectivity index (χ3n) is 16.7. The van der Waals surface area contributed by atoms with Crippen molar-refractivity contribution in [2.75, 3.05) is 4.90 Å². The van der Waals surface area contributed by atoms with Crippen LogP contribution in [0.2, 0.25) is 0 Å². The zero-order valence-corrected chi connectivity index (χ0v) is 42.1. The first-order chi connectivity index (χ1) is 37.2. The third-order valence-corrected chi connectivity index (χ3v) is 21.6. The molecule has 2 aliphatic heterocycles. The summed E-state index contributed by atoms with van der Waals surface area (Å²) in [6.07, 6.45) is 0. The molecule has 75 heavy (non-hydrogen) atoms. The van der Waals surface area contributed by atoms with E-state index in [4.69, 9.17) is 4.74 Å². The number of benzene rings is 12. The fourth-order valence-electron chi connectivity index (χ4n) is 13.9. The quantitative estimate of drug-likeness (QED) is 0.148. The second-order valence-corrected chi connectivity index (χ2v) is 23.9. The van der Waals surface area contributed by atoms with Gasteiger partial charge in [-0.2, -0.15) is 0 Å². The lowest BCUT2D eigenvalue weighted by molar-refractivity contribution is 0.435. The molecule has 0 aromatic heterocycles. The van der Waals surface area contributed by atoms with Crippen LogP contribution in [0.4, 0.5) is 17.1 Å². The Bertz CT molecular complexity index is 4030. The van der Waals surface area contributed by atoms with Gasteiger partial charge in [0.15, 0.2) is 8.07 Å². The smallest absolute Gasteiger partial charge is 0.180 e. The van der Waals surface area contributed by atoms with E-state index in [2.05, 4.69) is 302 Å². The number of rotatable bonds is 7. The highest BCUT2D eigenvalue weighted by Crippen LogP contribution is 2.58. The molecular formula is C72H49NOSi. The van der Waals surface area contributed by atoms with Gasteiger partial charge in [0.1, 0.15) is 11.5 Å². The molecule has 0 saturated heterocycles. The summed E-state index contributed by atoms with van der Waals surface area (Å²) in [5.41, 5.74) is 14.5. The van der Waals surface area contributed by atoms with E-state index in [0.717, 1.165) is 39.7 Å². The largest absolute Gasteiger partial charge is 0.457 e. The molecule has 12 aromatic carbocycles. The number of fused-ring (bicyclic) bond motifs is 12. The van der Waals surface area contributed by atoms with Crippen molar-refractivity contribution in [2.24, 2.45) is 0 Å². The van der Waals surface area contributed by atoms with Crippen LogP contribution in [0, 0.1) is 0 Å². The van der Waals surface area contributed by atoms with Crippen molar-refractivity contribution in [3.05, 3.63) is 342 Å². The number of hydrogen-bond acceptors (Lipinski definition) is 2. The normalized spacial score (nSPS) is 14.6.